The zero-order chi connectivity index (χ0) is 21.5. The predicted molar refractivity (Wildman–Crippen MR) is 128 cm³/mol. The van der Waals surface area contributed by atoms with Crippen LogP contribution in [0.3, 0.4) is 0 Å². The van der Waals surface area contributed by atoms with Gasteiger partial charge in [0.15, 0.2) is 11.5 Å². The molecule has 0 saturated carbocycles. The summed E-state index contributed by atoms with van der Waals surface area (Å²) in [6, 6.07) is 18.2. The molecule has 0 aliphatic carbocycles. The van der Waals surface area contributed by atoms with Crippen LogP contribution in [-0.4, -0.2) is 18.2 Å². The monoisotopic (exact) mass is 525 g/mol. The summed E-state index contributed by atoms with van der Waals surface area (Å²) in [5.74, 6) is 0.353. The molecule has 0 unspecified atom stereocenters. The van der Waals surface area contributed by atoms with Gasteiger partial charge in [0.25, 0.3) is 0 Å². The van der Waals surface area contributed by atoms with Gasteiger partial charge in [0.1, 0.15) is 6.61 Å². The first-order valence-electron chi connectivity index (χ1n) is 9.23. The highest BCUT2D eigenvalue weighted by Gasteiger charge is 2.12. The number of hydrogen-bond acceptors (Lipinski definition) is 4. The first kappa shape index (κ1) is 25.0. The Bertz CT molecular complexity index is 1010. The van der Waals surface area contributed by atoms with Gasteiger partial charge in [-0.25, -0.2) is 4.79 Å². The minimum absolute atomic E-state index is 0. The van der Waals surface area contributed by atoms with E-state index < -0.39 is 5.97 Å². The number of methoxy groups -OCH3 is 1. The largest absolute Gasteiger partial charge is 0.493 e. The minimum atomic E-state index is -0.926. The molecule has 0 saturated heterocycles. The van der Waals surface area contributed by atoms with E-state index in [2.05, 4.69) is 21.2 Å². The minimum Gasteiger partial charge on any atom is -0.493 e. The van der Waals surface area contributed by atoms with E-state index in [0.29, 0.717) is 36.2 Å². The van der Waals surface area contributed by atoms with Gasteiger partial charge in [-0.1, -0.05) is 35.9 Å². The normalized spacial score (nSPS) is 10.3. The second-order valence-electron chi connectivity index (χ2n) is 6.63. The average molecular weight is 527 g/mol. The molecule has 0 aliphatic heterocycles. The number of nitrogens with one attached hydrogen (secondary N) is 1. The van der Waals surface area contributed by atoms with Crippen LogP contribution in [0.5, 0.6) is 11.5 Å². The van der Waals surface area contributed by atoms with Crippen LogP contribution >= 0.6 is 39.9 Å². The summed E-state index contributed by atoms with van der Waals surface area (Å²) in [5.41, 5.74) is 3.32. The van der Waals surface area contributed by atoms with Crippen molar-refractivity contribution >= 4 is 45.9 Å². The lowest BCUT2D eigenvalue weighted by atomic mass is 10.1. The third-order valence-electron chi connectivity index (χ3n) is 4.44. The molecule has 0 aromatic heterocycles. The van der Waals surface area contributed by atoms with Crippen LogP contribution in [0.4, 0.5) is 0 Å². The zero-order valence-electron chi connectivity index (χ0n) is 16.7. The molecule has 0 aliphatic rings. The average Bonchev–Trinajstić information content (AvgIpc) is 2.74. The molecule has 0 bridgehead atoms. The van der Waals surface area contributed by atoms with Crippen LogP contribution < -0.4 is 14.8 Å². The second-order valence-corrected chi connectivity index (χ2v) is 7.92. The Kier molecular flexibility index (Phi) is 9.65. The van der Waals surface area contributed by atoms with Gasteiger partial charge >= 0.3 is 5.97 Å². The van der Waals surface area contributed by atoms with Gasteiger partial charge in [-0.3, -0.25) is 0 Å². The smallest absolute Gasteiger partial charge is 0.335 e. The van der Waals surface area contributed by atoms with E-state index in [4.69, 9.17) is 26.2 Å². The number of hydrogen-bond donors (Lipinski definition) is 2. The maximum absolute atomic E-state index is 10.9. The summed E-state index contributed by atoms with van der Waals surface area (Å²) in [6.07, 6.45) is 0. The molecule has 3 rings (SSSR count). The summed E-state index contributed by atoms with van der Waals surface area (Å²) in [6.45, 7) is 1.64. The van der Waals surface area contributed by atoms with Crippen LogP contribution in [0.25, 0.3) is 0 Å². The summed E-state index contributed by atoms with van der Waals surface area (Å²) < 4.78 is 12.3. The molecule has 0 radical (unpaired) electrons. The Morgan fingerprint density at radius 2 is 1.61 bits per heavy atom. The maximum Gasteiger partial charge on any atom is 0.335 e. The van der Waals surface area contributed by atoms with Crippen molar-refractivity contribution in [2.45, 2.75) is 19.7 Å². The highest BCUT2D eigenvalue weighted by atomic mass is 79.9. The van der Waals surface area contributed by atoms with Crippen LogP contribution in [0, 0.1) is 0 Å². The molecule has 0 atom stereocenters. The fourth-order valence-electron chi connectivity index (χ4n) is 2.87. The Morgan fingerprint density at radius 1 is 1.00 bits per heavy atom. The molecule has 3 aromatic rings. The lowest BCUT2D eigenvalue weighted by Gasteiger charge is -2.15. The van der Waals surface area contributed by atoms with Gasteiger partial charge in [0.05, 0.1) is 17.1 Å². The molecular formula is C23H22BrCl2NO4. The molecule has 0 spiro atoms. The fourth-order valence-corrected chi connectivity index (χ4v) is 3.60. The summed E-state index contributed by atoms with van der Waals surface area (Å²) in [5, 5.41) is 13.0. The molecule has 0 heterocycles. The Hall–Kier alpha value is -2.25. The van der Waals surface area contributed by atoms with Crippen LogP contribution in [0.2, 0.25) is 5.02 Å². The highest BCUT2D eigenvalue weighted by molar-refractivity contribution is 9.10. The van der Waals surface area contributed by atoms with E-state index in [1.807, 2.05) is 36.4 Å². The number of carbonyl (C=O) groups is 1. The van der Waals surface area contributed by atoms with E-state index in [1.54, 1.807) is 31.4 Å². The van der Waals surface area contributed by atoms with E-state index in [9.17, 15) is 4.79 Å². The first-order valence-corrected chi connectivity index (χ1v) is 10.4. The Labute approximate surface area is 200 Å². The molecule has 0 amide bonds. The van der Waals surface area contributed by atoms with E-state index in [0.717, 1.165) is 21.2 Å². The number of benzene rings is 3. The topological polar surface area (TPSA) is 67.8 Å². The SMILES string of the molecule is COc1cc(CNCc2ccc(C(=O)O)cc2)cc(Br)c1OCc1ccc(Cl)cc1.Cl. The van der Waals surface area contributed by atoms with Gasteiger partial charge in [0.2, 0.25) is 0 Å². The van der Waals surface area contributed by atoms with E-state index in [1.165, 1.54) is 0 Å². The van der Waals surface area contributed by atoms with Crippen LogP contribution in [0.15, 0.2) is 65.1 Å². The highest BCUT2D eigenvalue weighted by Crippen LogP contribution is 2.37. The molecule has 0 fully saturated rings. The Morgan fingerprint density at radius 3 is 2.23 bits per heavy atom. The fraction of sp³-hybridized carbons (Fsp3) is 0.174. The van der Waals surface area contributed by atoms with Crippen molar-refractivity contribution in [1.82, 2.24) is 5.32 Å². The zero-order valence-corrected chi connectivity index (χ0v) is 19.9. The van der Waals surface area contributed by atoms with E-state index >= 15 is 0 Å². The number of halogens is 3. The van der Waals surface area contributed by atoms with Gasteiger partial charge in [-0.15, -0.1) is 12.4 Å². The van der Waals surface area contributed by atoms with Gasteiger partial charge < -0.3 is 19.9 Å². The number of rotatable bonds is 9. The molecular weight excluding hydrogens is 505 g/mol. The standard InChI is InChI=1S/C23H21BrClNO4.ClH/c1-29-21-11-17(13-26-12-15-2-6-18(7-3-15)23(27)28)10-20(24)22(21)30-14-16-4-8-19(25)9-5-16;/h2-11,26H,12-14H2,1H3,(H,27,28);1H. The Balaban J connectivity index is 0.00000341. The van der Waals surface area contributed by atoms with Gasteiger partial charge in [-0.2, -0.15) is 0 Å². The maximum atomic E-state index is 10.9. The summed E-state index contributed by atoms with van der Waals surface area (Å²) >= 11 is 9.49. The number of carboxylic acid groups (broad SMARTS) is 1. The quantitative estimate of drug-likeness (QED) is 0.352. The van der Waals surface area contributed by atoms with Crippen molar-refractivity contribution in [2.75, 3.05) is 7.11 Å². The molecule has 3 aromatic carbocycles. The van der Waals surface area contributed by atoms with Crippen molar-refractivity contribution in [1.29, 1.82) is 0 Å². The lowest BCUT2D eigenvalue weighted by molar-refractivity contribution is 0.0697. The second kappa shape index (κ2) is 12.0. The van der Waals surface area contributed by atoms with Crippen molar-refractivity contribution < 1.29 is 19.4 Å². The predicted octanol–water partition coefficient (Wildman–Crippen LogP) is 6.10. The number of aromatic carboxylic acids is 1. The van der Waals surface area contributed by atoms with Crippen molar-refractivity contribution in [3.8, 4) is 11.5 Å². The summed E-state index contributed by atoms with van der Waals surface area (Å²) in [4.78, 5) is 10.9. The molecule has 5 nitrogen and oxygen atoms in total. The van der Waals surface area contributed by atoms with Crippen molar-refractivity contribution in [2.24, 2.45) is 0 Å². The lowest BCUT2D eigenvalue weighted by Crippen LogP contribution is -2.13. The molecule has 8 heteroatoms. The third kappa shape index (κ3) is 7.14. The molecule has 2 N–H and O–H groups in total. The van der Waals surface area contributed by atoms with Gasteiger partial charge in [-0.05, 0) is 69.0 Å². The van der Waals surface area contributed by atoms with Crippen molar-refractivity contribution in [3.63, 3.8) is 0 Å². The van der Waals surface area contributed by atoms with Crippen LogP contribution in [-0.2, 0) is 19.7 Å². The first-order chi connectivity index (χ1) is 14.5. The van der Waals surface area contributed by atoms with Crippen LogP contribution in [0.1, 0.15) is 27.0 Å². The number of ether oxygens (including phenoxy) is 2. The third-order valence-corrected chi connectivity index (χ3v) is 5.29. The van der Waals surface area contributed by atoms with E-state index in [-0.39, 0.29) is 18.0 Å². The van der Waals surface area contributed by atoms with Gasteiger partial charge in [0, 0.05) is 18.1 Å². The molecule has 164 valence electrons. The number of carboxylic acids is 1. The molecule has 31 heavy (non-hydrogen) atoms. The van der Waals surface area contributed by atoms with Crippen molar-refractivity contribution in [3.05, 3.63) is 92.4 Å². The summed E-state index contributed by atoms with van der Waals surface area (Å²) in [7, 11) is 1.61.